The summed E-state index contributed by atoms with van der Waals surface area (Å²) in [5.74, 6) is -0.0946. The number of nitrogens with zero attached hydrogens (tertiary/aromatic N) is 1. The van der Waals surface area contributed by atoms with Crippen LogP contribution in [-0.2, 0) is 4.79 Å². The van der Waals surface area contributed by atoms with Gasteiger partial charge in [-0.15, -0.1) is 0 Å². The Morgan fingerprint density at radius 3 is 2.38 bits per heavy atom. The molecule has 1 saturated heterocycles. The van der Waals surface area contributed by atoms with E-state index in [0.717, 1.165) is 27.6 Å². The number of carbonyl (C=O) groups excluding carboxylic acids is 1. The number of aromatic nitrogens is 1. The smallest absolute Gasteiger partial charge is 0.253 e. The highest BCUT2D eigenvalue weighted by atomic mass is 35.5. The molecule has 2 atom stereocenters. The van der Waals surface area contributed by atoms with Crippen LogP contribution in [0.25, 0.3) is 22.0 Å². The second-order valence-corrected chi connectivity index (χ2v) is 8.47. The molecule has 1 amide bonds. The largest absolute Gasteiger partial charge is 0.322 e. The van der Waals surface area contributed by atoms with Crippen LogP contribution in [0.15, 0.2) is 83.7 Å². The van der Waals surface area contributed by atoms with E-state index in [1.165, 1.54) is 6.92 Å². The van der Waals surface area contributed by atoms with Crippen LogP contribution in [0.4, 0.5) is 0 Å². The number of carbonyl (C=O) groups is 1. The molecule has 32 heavy (non-hydrogen) atoms. The predicted molar refractivity (Wildman–Crippen MR) is 127 cm³/mol. The van der Waals surface area contributed by atoms with Crippen molar-refractivity contribution in [2.24, 2.45) is 0 Å². The standard InChI is InChI=1S/C26H22ClN3O2/c1-16(31)30-23(17-8-4-2-5-9-17)15-22(29-30)25-24(18-10-6-3-7-11-18)20-14-19(27)12-13-21(20)28-26(25)32/h2-14,22-23,29H,15H2,1H3,(H,28,32). The van der Waals surface area contributed by atoms with Crippen molar-refractivity contribution in [1.82, 2.24) is 15.4 Å². The molecule has 0 bridgehead atoms. The van der Waals surface area contributed by atoms with Gasteiger partial charge in [0.25, 0.3) is 5.56 Å². The van der Waals surface area contributed by atoms with Gasteiger partial charge >= 0.3 is 0 Å². The number of hydrazine groups is 1. The summed E-state index contributed by atoms with van der Waals surface area (Å²) in [6.45, 7) is 1.54. The second kappa shape index (κ2) is 8.26. The molecule has 6 heteroatoms. The van der Waals surface area contributed by atoms with Crippen LogP contribution in [0.5, 0.6) is 0 Å². The number of rotatable bonds is 3. The molecule has 1 aliphatic rings. The number of halogens is 1. The second-order valence-electron chi connectivity index (χ2n) is 8.03. The molecule has 1 fully saturated rings. The number of fused-ring (bicyclic) bond motifs is 1. The zero-order chi connectivity index (χ0) is 22.2. The van der Waals surface area contributed by atoms with Crippen molar-refractivity contribution in [3.63, 3.8) is 0 Å². The van der Waals surface area contributed by atoms with Crippen molar-refractivity contribution in [2.75, 3.05) is 0 Å². The number of hydrogen-bond donors (Lipinski definition) is 2. The third kappa shape index (κ3) is 3.60. The van der Waals surface area contributed by atoms with Crippen LogP contribution < -0.4 is 11.0 Å². The SMILES string of the molecule is CC(=O)N1NC(c2c(-c3ccccc3)c3cc(Cl)ccc3[nH]c2=O)CC1c1ccccc1. The fraction of sp³-hybridized carbons (Fsp3) is 0.154. The molecule has 2 N–H and O–H groups in total. The summed E-state index contributed by atoms with van der Waals surface area (Å²) in [6.07, 6.45) is 0.582. The maximum atomic E-state index is 13.4. The molecule has 0 radical (unpaired) electrons. The summed E-state index contributed by atoms with van der Waals surface area (Å²) in [6, 6.07) is 24.7. The molecule has 2 heterocycles. The van der Waals surface area contributed by atoms with Gasteiger partial charge in [0.15, 0.2) is 0 Å². The number of amides is 1. The normalized spacial score (nSPS) is 18.2. The zero-order valence-corrected chi connectivity index (χ0v) is 18.3. The Morgan fingerprint density at radius 1 is 1.00 bits per heavy atom. The van der Waals surface area contributed by atoms with Crippen LogP contribution in [0, 0.1) is 0 Å². The predicted octanol–water partition coefficient (Wildman–Crippen LogP) is 5.39. The van der Waals surface area contributed by atoms with E-state index in [2.05, 4.69) is 10.4 Å². The Labute approximate surface area is 190 Å². The fourth-order valence-corrected chi connectivity index (χ4v) is 4.79. The maximum Gasteiger partial charge on any atom is 0.253 e. The first-order valence-corrected chi connectivity index (χ1v) is 10.9. The number of aromatic amines is 1. The monoisotopic (exact) mass is 443 g/mol. The summed E-state index contributed by atoms with van der Waals surface area (Å²) in [4.78, 5) is 28.9. The minimum Gasteiger partial charge on any atom is -0.322 e. The summed E-state index contributed by atoms with van der Waals surface area (Å²) in [5, 5.41) is 3.10. The van der Waals surface area contributed by atoms with Gasteiger partial charge in [-0.2, -0.15) is 0 Å². The molecule has 1 aliphatic heterocycles. The lowest BCUT2D eigenvalue weighted by molar-refractivity contribution is -0.132. The van der Waals surface area contributed by atoms with E-state index < -0.39 is 0 Å². The van der Waals surface area contributed by atoms with E-state index in [1.807, 2.05) is 72.8 Å². The Bertz CT molecular complexity index is 1350. The first-order valence-electron chi connectivity index (χ1n) is 10.5. The van der Waals surface area contributed by atoms with Crippen LogP contribution in [0.3, 0.4) is 0 Å². The van der Waals surface area contributed by atoms with Gasteiger partial charge in [-0.3, -0.25) is 14.6 Å². The number of H-pyrrole nitrogens is 1. The highest BCUT2D eigenvalue weighted by Gasteiger charge is 2.38. The van der Waals surface area contributed by atoms with Crippen molar-refractivity contribution in [3.8, 4) is 11.1 Å². The van der Waals surface area contributed by atoms with E-state index in [4.69, 9.17) is 11.6 Å². The Hall–Kier alpha value is -3.41. The van der Waals surface area contributed by atoms with E-state index in [9.17, 15) is 9.59 Å². The molecular weight excluding hydrogens is 422 g/mol. The van der Waals surface area contributed by atoms with Crippen molar-refractivity contribution in [2.45, 2.75) is 25.4 Å². The Balaban J connectivity index is 1.71. The van der Waals surface area contributed by atoms with E-state index in [1.54, 1.807) is 11.1 Å². The minimum absolute atomic E-state index is 0.0946. The average molecular weight is 444 g/mol. The quantitative estimate of drug-likeness (QED) is 0.446. The lowest BCUT2D eigenvalue weighted by atomic mass is 9.90. The molecular formula is C26H22ClN3O2. The molecule has 2 unspecified atom stereocenters. The molecule has 3 aromatic carbocycles. The summed E-state index contributed by atoms with van der Waals surface area (Å²) < 4.78 is 0. The van der Waals surface area contributed by atoms with Crippen LogP contribution in [0.1, 0.15) is 36.6 Å². The number of nitrogens with one attached hydrogen (secondary N) is 2. The highest BCUT2D eigenvalue weighted by molar-refractivity contribution is 6.31. The molecule has 5 nitrogen and oxygen atoms in total. The van der Waals surface area contributed by atoms with E-state index in [0.29, 0.717) is 17.0 Å². The van der Waals surface area contributed by atoms with E-state index >= 15 is 0 Å². The van der Waals surface area contributed by atoms with Crippen LogP contribution in [-0.4, -0.2) is 15.9 Å². The Kier molecular flexibility index (Phi) is 5.29. The van der Waals surface area contributed by atoms with Gasteiger partial charge in [0.2, 0.25) is 5.91 Å². The highest BCUT2D eigenvalue weighted by Crippen LogP contribution is 2.41. The first kappa shape index (κ1) is 20.5. The first-order chi connectivity index (χ1) is 15.5. The number of pyridine rings is 1. The van der Waals surface area contributed by atoms with E-state index in [-0.39, 0.29) is 23.6 Å². The lowest BCUT2D eigenvalue weighted by Gasteiger charge is -2.23. The number of hydrogen-bond acceptors (Lipinski definition) is 3. The van der Waals surface area contributed by atoms with Gasteiger partial charge in [0.1, 0.15) is 0 Å². The van der Waals surface area contributed by atoms with Crippen molar-refractivity contribution < 1.29 is 4.79 Å². The van der Waals surface area contributed by atoms with Gasteiger partial charge in [-0.05, 0) is 35.7 Å². The third-order valence-electron chi connectivity index (χ3n) is 6.01. The molecule has 0 saturated carbocycles. The number of benzene rings is 3. The summed E-state index contributed by atoms with van der Waals surface area (Å²) in [7, 11) is 0. The average Bonchev–Trinajstić information content (AvgIpc) is 3.25. The van der Waals surface area contributed by atoms with Crippen molar-refractivity contribution >= 4 is 28.4 Å². The van der Waals surface area contributed by atoms with Crippen molar-refractivity contribution in [3.05, 3.63) is 105 Å². The molecule has 1 aromatic heterocycles. The molecule has 0 spiro atoms. The third-order valence-corrected chi connectivity index (χ3v) is 6.25. The fourth-order valence-electron chi connectivity index (χ4n) is 4.62. The summed E-state index contributed by atoms with van der Waals surface area (Å²) in [5.41, 5.74) is 7.27. The zero-order valence-electron chi connectivity index (χ0n) is 17.5. The molecule has 4 aromatic rings. The lowest BCUT2D eigenvalue weighted by Crippen LogP contribution is -2.38. The maximum absolute atomic E-state index is 13.4. The molecule has 160 valence electrons. The topological polar surface area (TPSA) is 65.2 Å². The van der Waals surface area contributed by atoms with Crippen LogP contribution >= 0.6 is 11.6 Å². The van der Waals surface area contributed by atoms with Gasteiger partial charge in [0, 0.05) is 34.0 Å². The minimum atomic E-state index is -0.341. The van der Waals surface area contributed by atoms with Gasteiger partial charge in [-0.25, -0.2) is 5.43 Å². The van der Waals surface area contributed by atoms with Gasteiger partial charge in [-0.1, -0.05) is 72.3 Å². The van der Waals surface area contributed by atoms with Gasteiger partial charge in [0.05, 0.1) is 12.1 Å². The Morgan fingerprint density at radius 2 is 1.69 bits per heavy atom. The summed E-state index contributed by atoms with van der Waals surface area (Å²) >= 11 is 6.34. The van der Waals surface area contributed by atoms with Crippen LogP contribution in [0.2, 0.25) is 5.02 Å². The molecule has 0 aliphatic carbocycles. The van der Waals surface area contributed by atoms with Crippen molar-refractivity contribution in [1.29, 1.82) is 0 Å². The van der Waals surface area contributed by atoms with Gasteiger partial charge < -0.3 is 4.98 Å². The molecule has 5 rings (SSSR count).